The van der Waals surface area contributed by atoms with Crippen LogP contribution >= 0.6 is 0 Å². The maximum atomic E-state index is 11.4. The summed E-state index contributed by atoms with van der Waals surface area (Å²) in [5, 5.41) is 3.04. The molecule has 1 heterocycles. The van der Waals surface area contributed by atoms with Gasteiger partial charge < -0.3 is 10.2 Å². The minimum Gasteiger partial charge on any atom is -0.345 e. The number of rotatable bonds is 5. The van der Waals surface area contributed by atoms with Gasteiger partial charge in [0, 0.05) is 26.3 Å². The van der Waals surface area contributed by atoms with Crippen molar-refractivity contribution in [3.8, 4) is 0 Å². The Balaban J connectivity index is 2.25. The summed E-state index contributed by atoms with van der Waals surface area (Å²) in [4.78, 5) is 20.9. The van der Waals surface area contributed by atoms with E-state index >= 15 is 0 Å². The zero-order valence-electron chi connectivity index (χ0n) is 9.10. The molecule has 0 bridgehead atoms. The highest BCUT2D eigenvalue weighted by atomic mass is 16.2. The summed E-state index contributed by atoms with van der Waals surface area (Å²) in [7, 11) is 1.79. The Morgan fingerprint density at radius 1 is 1.60 bits per heavy atom. The fourth-order valence-corrected chi connectivity index (χ4v) is 1.03. The molecular weight excluding hydrogens is 192 g/mol. The fourth-order valence-electron chi connectivity index (χ4n) is 1.03. The van der Waals surface area contributed by atoms with Crippen LogP contribution in [0.5, 0.6) is 0 Å². The first kappa shape index (κ1) is 11.6. The second-order valence-corrected chi connectivity index (χ2v) is 3.21. The Hall–Kier alpha value is -1.49. The number of hydrogen-bond donors (Lipinski definition) is 1. The standard InChI is InChI=1S/C10H16N4O/c1-3-14(2)10(15)7-12-6-9-4-5-11-8-13-9/h4-5,8,12H,3,6-7H2,1-2H3. The lowest BCUT2D eigenvalue weighted by Gasteiger charge is -2.14. The van der Waals surface area contributed by atoms with E-state index in [9.17, 15) is 4.79 Å². The Morgan fingerprint density at radius 2 is 2.40 bits per heavy atom. The Kier molecular flexibility index (Phi) is 4.70. The van der Waals surface area contributed by atoms with Gasteiger partial charge in [-0.1, -0.05) is 0 Å². The summed E-state index contributed by atoms with van der Waals surface area (Å²) < 4.78 is 0. The summed E-state index contributed by atoms with van der Waals surface area (Å²) in [6.07, 6.45) is 3.18. The number of aromatic nitrogens is 2. The third-order valence-corrected chi connectivity index (χ3v) is 2.13. The molecule has 5 nitrogen and oxygen atoms in total. The molecular formula is C10H16N4O. The quantitative estimate of drug-likeness (QED) is 0.742. The van der Waals surface area contributed by atoms with Crippen molar-refractivity contribution in [2.45, 2.75) is 13.5 Å². The van der Waals surface area contributed by atoms with E-state index in [0.717, 1.165) is 12.2 Å². The molecule has 1 amide bonds. The van der Waals surface area contributed by atoms with E-state index in [1.165, 1.54) is 6.33 Å². The van der Waals surface area contributed by atoms with Gasteiger partial charge >= 0.3 is 0 Å². The highest BCUT2D eigenvalue weighted by molar-refractivity contribution is 5.77. The van der Waals surface area contributed by atoms with Crippen LogP contribution in [0, 0.1) is 0 Å². The molecule has 1 aromatic rings. The zero-order valence-corrected chi connectivity index (χ0v) is 9.10. The molecule has 0 aromatic carbocycles. The number of hydrogen-bond acceptors (Lipinski definition) is 4. The molecule has 0 atom stereocenters. The van der Waals surface area contributed by atoms with Crippen LogP contribution in [-0.2, 0) is 11.3 Å². The first-order chi connectivity index (χ1) is 7.24. The maximum absolute atomic E-state index is 11.4. The molecule has 0 unspecified atom stereocenters. The number of nitrogens with one attached hydrogen (secondary N) is 1. The van der Waals surface area contributed by atoms with Gasteiger partial charge in [0.05, 0.1) is 12.2 Å². The van der Waals surface area contributed by atoms with Crippen LogP contribution in [0.3, 0.4) is 0 Å². The van der Waals surface area contributed by atoms with Crippen molar-refractivity contribution in [2.24, 2.45) is 0 Å². The smallest absolute Gasteiger partial charge is 0.236 e. The molecule has 0 aliphatic rings. The third-order valence-electron chi connectivity index (χ3n) is 2.13. The first-order valence-electron chi connectivity index (χ1n) is 4.93. The van der Waals surface area contributed by atoms with E-state index in [4.69, 9.17) is 0 Å². The average molecular weight is 208 g/mol. The topological polar surface area (TPSA) is 58.1 Å². The number of carbonyl (C=O) groups is 1. The lowest BCUT2D eigenvalue weighted by atomic mass is 10.4. The largest absolute Gasteiger partial charge is 0.345 e. The zero-order chi connectivity index (χ0) is 11.1. The molecule has 1 N–H and O–H groups in total. The first-order valence-corrected chi connectivity index (χ1v) is 4.93. The highest BCUT2D eigenvalue weighted by Crippen LogP contribution is 1.89. The predicted octanol–water partition coefficient (Wildman–Crippen LogP) is 0.0445. The van der Waals surface area contributed by atoms with E-state index in [1.54, 1.807) is 18.1 Å². The van der Waals surface area contributed by atoms with Crippen molar-refractivity contribution in [1.29, 1.82) is 0 Å². The number of carbonyl (C=O) groups excluding carboxylic acids is 1. The number of amides is 1. The second kappa shape index (κ2) is 6.08. The van der Waals surface area contributed by atoms with Crippen LogP contribution in [-0.4, -0.2) is 40.9 Å². The van der Waals surface area contributed by atoms with Crippen LogP contribution in [0.2, 0.25) is 0 Å². The normalized spacial score (nSPS) is 10.0. The van der Waals surface area contributed by atoms with E-state index in [2.05, 4.69) is 15.3 Å². The molecule has 82 valence electrons. The molecule has 15 heavy (non-hydrogen) atoms. The Labute approximate surface area is 89.5 Å². The van der Waals surface area contributed by atoms with Crippen LogP contribution in [0.25, 0.3) is 0 Å². The summed E-state index contributed by atoms with van der Waals surface area (Å²) in [5.41, 5.74) is 0.886. The number of nitrogens with zero attached hydrogens (tertiary/aromatic N) is 3. The van der Waals surface area contributed by atoms with Crippen LogP contribution in [0.1, 0.15) is 12.6 Å². The molecule has 5 heteroatoms. The van der Waals surface area contributed by atoms with Gasteiger partial charge in [0.2, 0.25) is 5.91 Å². The molecule has 0 fully saturated rings. The molecule has 0 spiro atoms. The molecule has 1 rings (SSSR count). The average Bonchev–Trinajstić information content (AvgIpc) is 2.29. The highest BCUT2D eigenvalue weighted by Gasteiger charge is 2.04. The summed E-state index contributed by atoms with van der Waals surface area (Å²) in [6, 6.07) is 1.82. The minimum atomic E-state index is 0.0894. The Morgan fingerprint density at radius 3 is 3.00 bits per heavy atom. The molecule has 0 aliphatic heterocycles. The van der Waals surface area contributed by atoms with Crippen molar-refractivity contribution in [3.63, 3.8) is 0 Å². The van der Waals surface area contributed by atoms with E-state index in [0.29, 0.717) is 13.1 Å². The van der Waals surface area contributed by atoms with Crippen molar-refractivity contribution in [1.82, 2.24) is 20.2 Å². The van der Waals surface area contributed by atoms with Gasteiger partial charge in [-0.15, -0.1) is 0 Å². The van der Waals surface area contributed by atoms with Gasteiger partial charge in [-0.3, -0.25) is 4.79 Å². The van der Waals surface area contributed by atoms with E-state index < -0.39 is 0 Å². The van der Waals surface area contributed by atoms with Gasteiger partial charge in [0.25, 0.3) is 0 Å². The third kappa shape index (κ3) is 4.03. The SMILES string of the molecule is CCN(C)C(=O)CNCc1ccncn1. The van der Waals surface area contributed by atoms with Crippen molar-refractivity contribution >= 4 is 5.91 Å². The summed E-state index contributed by atoms with van der Waals surface area (Å²) in [5.74, 6) is 0.0894. The van der Waals surface area contributed by atoms with Gasteiger partial charge in [-0.25, -0.2) is 9.97 Å². The molecule has 1 aromatic heterocycles. The monoisotopic (exact) mass is 208 g/mol. The predicted molar refractivity (Wildman–Crippen MR) is 57.0 cm³/mol. The van der Waals surface area contributed by atoms with Crippen LogP contribution < -0.4 is 5.32 Å². The molecule has 0 aliphatic carbocycles. The minimum absolute atomic E-state index is 0.0894. The molecule has 0 saturated carbocycles. The number of likely N-dealkylation sites (N-methyl/N-ethyl adjacent to an activating group) is 1. The van der Waals surface area contributed by atoms with Gasteiger partial charge in [0.15, 0.2) is 0 Å². The lowest BCUT2D eigenvalue weighted by Crippen LogP contribution is -2.35. The van der Waals surface area contributed by atoms with Crippen molar-refractivity contribution in [3.05, 3.63) is 24.3 Å². The second-order valence-electron chi connectivity index (χ2n) is 3.21. The summed E-state index contributed by atoms with van der Waals surface area (Å²) >= 11 is 0. The molecule has 0 saturated heterocycles. The maximum Gasteiger partial charge on any atom is 0.236 e. The van der Waals surface area contributed by atoms with Gasteiger partial charge in [-0.05, 0) is 13.0 Å². The summed E-state index contributed by atoms with van der Waals surface area (Å²) in [6.45, 7) is 3.61. The van der Waals surface area contributed by atoms with E-state index in [1.807, 2.05) is 13.0 Å². The fraction of sp³-hybridized carbons (Fsp3) is 0.500. The van der Waals surface area contributed by atoms with Crippen LogP contribution in [0.15, 0.2) is 18.6 Å². The van der Waals surface area contributed by atoms with Crippen molar-refractivity contribution in [2.75, 3.05) is 20.1 Å². The molecule has 0 radical (unpaired) electrons. The van der Waals surface area contributed by atoms with Crippen LogP contribution in [0.4, 0.5) is 0 Å². The van der Waals surface area contributed by atoms with E-state index in [-0.39, 0.29) is 5.91 Å². The Bertz CT molecular complexity index is 302. The van der Waals surface area contributed by atoms with Gasteiger partial charge in [0.1, 0.15) is 6.33 Å². The van der Waals surface area contributed by atoms with Gasteiger partial charge in [-0.2, -0.15) is 0 Å². The van der Waals surface area contributed by atoms with Crippen molar-refractivity contribution < 1.29 is 4.79 Å². The lowest BCUT2D eigenvalue weighted by molar-refractivity contribution is -0.128.